The Bertz CT molecular complexity index is 869. The van der Waals surface area contributed by atoms with Crippen molar-refractivity contribution in [3.05, 3.63) is 65.7 Å². The Morgan fingerprint density at radius 1 is 1.23 bits per heavy atom. The largest absolute Gasteiger partial charge is 0.471 e. The predicted molar refractivity (Wildman–Crippen MR) is 97.7 cm³/mol. The van der Waals surface area contributed by atoms with E-state index in [9.17, 15) is 4.79 Å². The highest BCUT2D eigenvalue weighted by atomic mass is 16.5. The lowest BCUT2D eigenvalue weighted by atomic mass is 10.2. The summed E-state index contributed by atoms with van der Waals surface area (Å²) in [6.45, 7) is 5.62. The van der Waals surface area contributed by atoms with Crippen LogP contribution in [0.1, 0.15) is 28.7 Å². The average molecular weight is 353 g/mol. The molecule has 0 N–H and O–H groups in total. The Kier molecular flexibility index (Phi) is 5.36. The fourth-order valence-corrected chi connectivity index (χ4v) is 2.69. The Morgan fingerprint density at radius 3 is 2.69 bits per heavy atom. The zero-order chi connectivity index (χ0) is 18.5. The second kappa shape index (κ2) is 7.86. The van der Waals surface area contributed by atoms with Crippen molar-refractivity contribution < 1.29 is 9.53 Å². The summed E-state index contributed by atoms with van der Waals surface area (Å²) in [6.07, 6.45) is 3.55. The molecule has 0 aliphatic carbocycles. The SMILES string of the molecule is CCn1ncc(CN(C)C(=O)c2ccn(COc3ccccc3)n2)c1C. The Morgan fingerprint density at radius 2 is 2.00 bits per heavy atom. The van der Waals surface area contributed by atoms with E-state index < -0.39 is 0 Å². The molecule has 0 unspecified atom stereocenters. The number of aromatic nitrogens is 4. The van der Waals surface area contributed by atoms with E-state index in [1.165, 1.54) is 0 Å². The molecule has 26 heavy (non-hydrogen) atoms. The third-order valence-electron chi connectivity index (χ3n) is 4.23. The van der Waals surface area contributed by atoms with Gasteiger partial charge in [0.2, 0.25) is 0 Å². The topological polar surface area (TPSA) is 65.2 Å². The van der Waals surface area contributed by atoms with E-state index in [-0.39, 0.29) is 12.6 Å². The molecule has 0 aliphatic rings. The van der Waals surface area contributed by atoms with Crippen LogP contribution < -0.4 is 4.74 Å². The van der Waals surface area contributed by atoms with Gasteiger partial charge in [-0.25, -0.2) is 4.68 Å². The maximum Gasteiger partial charge on any atom is 0.274 e. The number of nitrogens with zero attached hydrogens (tertiary/aromatic N) is 5. The minimum atomic E-state index is -0.132. The molecular weight excluding hydrogens is 330 g/mol. The van der Waals surface area contributed by atoms with E-state index in [4.69, 9.17) is 4.74 Å². The highest BCUT2D eigenvalue weighted by molar-refractivity contribution is 5.91. The number of para-hydroxylation sites is 1. The van der Waals surface area contributed by atoms with Crippen LogP contribution in [0.2, 0.25) is 0 Å². The first-order chi connectivity index (χ1) is 12.6. The lowest BCUT2D eigenvalue weighted by Gasteiger charge is -2.15. The van der Waals surface area contributed by atoms with Crippen molar-refractivity contribution >= 4 is 5.91 Å². The first-order valence-electron chi connectivity index (χ1n) is 8.56. The zero-order valence-electron chi connectivity index (χ0n) is 15.3. The molecule has 0 bridgehead atoms. The molecule has 0 saturated heterocycles. The molecular formula is C19H23N5O2. The summed E-state index contributed by atoms with van der Waals surface area (Å²) < 4.78 is 9.16. The number of carbonyl (C=O) groups is 1. The number of rotatable bonds is 7. The quantitative estimate of drug-likeness (QED) is 0.655. The third-order valence-corrected chi connectivity index (χ3v) is 4.23. The van der Waals surface area contributed by atoms with Crippen molar-refractivity contribution in [2.24, 2.45) is 0 Å². The van der Waals surface area contributed by atoms with Gasteiger partial charge in [0.25, 0.3) is 5.91 Å². The van der Waals surface area contributed by atoms with Gasteiger partial charge in [0.15, 0.2) is 12.4 Å². The van der Waals surface area contributed by atoms with Crippen molar-refractivity contribution in [3.63, 3.8) is 0 Å². The molecule has 0 fully saturated rings. The molecule has 7 heteroatoms. The van der Waals surface area contributed by atoms with Crippen LogP contribution in [0.5, 0.6) is 5.75 Å². The van der Waals surface area contributed by atoms with Crippen LogP contribution in [-0.2, 0) is 19.8 Å². The molecule has 3 rings (SSSR count). The summed E-state index contributed by atoms with van der Waals surface area (Å²) in [4.78, 5) is 14.3. The van der Waals surface area contributed by atoms with E-state index in [1.807, 2.05) is 55.1 Å². The first-order valence-corrected chi connectivity index (χ1v) is 8.56. The van der Waals surface area contributed by atoms with Gasteiger partial charge in [-0.2, -0.15) is 10.2 Å². The summed E-state index contributed by atoms with van der Waals surface area (Å²) in [7, 11) is 1.77. The van der Waals surface area contributed by atoms with Crippen molar-refractivity contribution in [2.75, 3.05) is 7.05 Å². The Balaban J connectivity index is 1.60. The molecule has 3 aromatic rings. The van der Waals surface area contributed by atoms with Crippen LogP contribution in [0.4, 0.5) is 0 Å². The zero-order valence-corrected chi connectivity index (χ0v) is 15.3. The lowest BCUT2D eigenvalue weighted by Crippen LogP contribution is -2.27. The molecule has 136 valence electrons. The number of carbonyl (C=O) groups excluding carboxylic acids is 1. The molecule has 7 nitrogen and oxygen atoms in total. The highest BCUT2D eigenvalue weighted by Gasteiger charge is 2.17. The number of hydrogen-bond donors (Lipinski definition) is 0. The number of ether oxygens (including phenoxy) is 1. The van der Waals surface area contributed by atoms with Crippen LogP contribution in [0.15, 0.2) is 48.8 Å². The van der Waals surface area contributed by atoms with Gasteiger partial charge >= 0.3 is 0 Å². The molecule has 2 aromatic heterocycles. The van der Waals surface area contributed by atoms with Crippen LogP contribution >= 0.6 is 0 Å². The minimum absolute atomic E-state index is 0.132. The molecule has 2 heterocycles. The summed E-state index contributed by atoms with van der Waals surface area (Å²) in [6, 6.07) is 11.2. The van der Waals surface area contributed by atoms with Crippen LogP contribution in [0.3, 0.4) is 0 Å². The van der Waals surface area contributed by atoms with Crippen LogP contribution in [0, 0.1) is 6.92 Å². The van der Waals surface area contributed by atoms with Crippen molar-refractivity contribution in [1.82, 2.24) is 24.5 Å². The first kappa shape index (κ1) is 17.7. The van der Waals surface area contributed by atoms with Gasteiger partial charge < -0.3 is 9.64 Å². The van der Waals surface area contributed by atoms with Gasteiger partial charge in [0.1, 0.15) is 5.75 Å². The molecule has 0 spiro atoms. The second-order valence-corrected chi connectivity index (χ2v) is 6.06. The summed E-state index contributed by atoms with van der Waals surface area (Å²) in [5.41, 5.74) is 2.51. The van der Waals surface area contributed by atoms with Gasteiger partial charge in [-0.3, -0.25) is 9.48 Å². The maximum absolute atomic E-state index is 12.6. The van der Waals surface area contributed by atoms with Gasteiger partial charge in [0.05, 0.1) is 6.20 Å². The van der Waals surface area contributed by atoms with E-state index in [0.29, 0.717) is 12.2 Å². The molecule has 1 aromatic carbocycles. The van der Waals surface area contributed by atoms with Gasteiger partial charge in [-0.1, -0.05) is 18.2 Å². The number of benzene rings is 1. The van der Waals surface area contributed by atoms with E-state index >= 15 is 0 Å². The second-order valence-electron chi connectivity index (χ2n) is 6.06. The van der Waals surface area contributed by atoms with Crippen LogP contribution in [-0.4, -0.2) is 37.4 Å². The highest BCUT2D eigenvalue weighted by Crippen LogP contribution is 2.12. The predicted octanol–water partition coefficient (Wildman–Crippen LogP) is 2.72. The molecule has 0 atom stereocenters. The normalized spacial score (nSPS) is 10.7. The van der Waals surface area contributed by atoms with Crippen molar-refractivity contribution in [1.29, 1.82) is 0 Å². The fraction of sp³-hybridized carbons (Fsp3) is 0.316. The summed E-state index contributed by atoms with van der Waals surface area (Å²) >= 11 is 0. The molecule has 0 aliphatic heterocycles. The fourth-order valence-electron chi connectivity index (χ4n) is 2.69. The Labute approximate surface area is 152 Å². The van der Waals surface area contributed by atoms with Gasteiger partial charge in [0, 0.05) is 37.6 Å². The van der Waals surface area contributed by atoms with E-state index in [2.05, 4.69) is 10.2 Å². The minimum Gasteiger partial charge on any atom is -0.471 e. The third kappa shape index (κ3) is 3.93. The molecule has 1 amide bonds. The average Bonchev–Trinajstić information content (AvgIpc) is 3.27. The number of hydrogen-bond acceptors (Lipinski definition) is 4. The number of amides is 1. The monoisotopic (exact) mass is 353 g/mol. The van der Waals surface area contributed by atoms with Gasteiger partial charge in [-0.15, -0.1) is 0 Å². The van der Waals surface area contributed by atoms with Crippen molar-refractivity contribution in [3.8, 4) is 5.75 Å². The summed E-state index contributed by atoms with van der Waals surface area (Å²) in [5.74, 6) is 0.628. The lowest BCUT2D eigenvalue weighted by molar-refractivity contribution is 0.0777. The molecule has 0 radical (unpaired) electrons. The van der Waals surface area contributed by atoms with Gasteiger partial charge in [-0.05, 0) is 32.0 Å². The Hall–Kier alpha value is -3.09. The standard InChI is InChI=1S/C19H23N5O2/c1-4-24-15(2)16(12-20-24)13-22(3)19(25)18-10-11-23(21-18)14-26-17-8-6-5-7-9-17/h5-12H,4,13-14H2,1-3H3. The maximum atomic E-state index is 12.6. The van der Waals surface area contributed by atoms with Crippen LogP contribution in [0.25, 0.3) is 0 Å². The van der Waals surface area contributed by atoms with E-state index in [0.717, 1.165) is 23.6 Å². The molecule has 0 saturated carbocycles. The van der Waals surface area contributed by atoms with E-state index in [1.54, 1.807) is 28.9 Å². The smallest absolute Gasteiger partial charge is 0.274 e. The van der Waals surface area contributed by atoms with Crippen molar-refractivity contribution in [2.45, 2.75) is 33.7 Å². The summed E-state index contributed by atoms with van der Waals surface area (Å²) in [5, 5.41) is 8.63. The number of aryl methyl sites for hydroxylation is 1.